The summed E-state index contributed by atoms with van der Waals surface area (Å²) in [5.74, 6) is 0. The van der Waals surface area contributed by atoms with Gasteiger partial charge in [-0.1, -0.05) is 0 Å². The fourth-order valence-electron chi connectivity index (χ4n) is 2.43. The number of fused-ring (bicyclic) bond motifs is 2. The molecule has 0 aliphatic carbocycles. The highest BCUT2D eigenvalue weighted by atomic mass is 16.3. The van der Waals surface area contributed by atoms with Gasteiger partial charge in [0.15, 0.2) is 0 Å². The molecule has 3 heteroatoms. The van der Waals surface area contributed by atoms with Crippen molar-refractivity contribution in [3.05, 3.63) is 0 Å². The second-order valence-corrected chi connectivity index (χ2v) is 3.90. The van der Waals surface area contributed by atoms with Crippen LogP contribution < -0.4 is 5.32 Å². The van der Waals surface area contributed by atoms with E-state index in [9.17, 15) is 0 Å². The Morgan fingerprint density at radius 2 is 2.42 bits per heavy atom. The van der Waals surface area contributed by atoms with Gasteiger partial charge in [0.25, 0.3) is 0 Å². The highest BCUT2D eigenvalue weighted by Gasteiger charge is 2.33. The largest absolute Gasteiger partial charge is 0.396 e. The maximum Gasteiger partial charge on any atom is 0.0443 e. The quantitative estimate of drug-likeness (QED) is 0.616. The Morgan fingerprint density at radius 1 is 1.50 bits per heavy atom. The molecular weight excluding hydrogens is 152 g/mol. The Labute approximate surface area is 73.8 Å². The summed E-state index contributed by atoms with van der Waals surface area (Å²) in [6.45, 7) is 3.80. The maximum atomic E-state index is 8.72. The van der Waals surface area contributed by atoms with Crippen LogP contribution in [0.15, 0.2) is 0 Å². The molecule has 2 N–H and O–H groups in total. The first kappa shape index (κ1) is 8.48. The van der Waals surface area contributed by atoms with E-state index in [-0.39, 0.29) is 0 Å². The third-order valence-electron chi connectivity index (χ3n) is 3.04. The monoisotopic (exact) mass is 170 g/mol. The Morgan fingerprint density at radius 3 is 3.17 bits per heavy atom. The second-order valence-electron chi connectivity index (χ2n) is 3.90. The SMILES string of the molecule is OCCCN1CC2CC1CCN2. The van der Waals surface area contributed by atoms with Gasteiger partial charge in [-0.25, -0.2) is 0 Å². The van der Waals surface area contributed by atoms with Gasteiger partial charge >= 0.3 is 0 Å². The van der Waals surface area contributed by atoms with Crippen LogP contribution in [0.4, 0.5) is 0 Å². The van der Waals surface area contributed by atoms with Gasteiger partial charge < -0.3 is 10.4 Å². The highest BCUT2D eigenvalue weighted by Crippen LogP contribution is 2.23. The third-order valence-corrected chi connectivity index (χ3v) is 3.04. The number of nitrogens with zero attached hydrogens (tertiary/aromatic N) is 1. The molecule has 0 spiro atoms. The van der Waals surface area contributed by atoms with Crippen molar-refractivity contribution in [1.29, 1.82) is 0 Å². The summed E-state index contributed by atoms with van der Waals surface area (Å²) in [4.78, 5) is 2.53. The average molecular weight is 170 g/mol. The van der Waals surface area contributed by atoms with E-state index in [1.807, 2.05) is 0 Å². The van der Waals surface area contributed by atoms with Crippen LogP contribution in [0.5, 0.6) is 0 Å². The summed E-state index contributed by atoms with van der Waals surface area (Å²) >= 11 is 0. The van der Waals surface area contributed by atoms with Gasteiger partial charge in [-0.3, -0.25) is 4.90 Å². The summed E-state index contributed by atoms with van der Waals surface area (Å²) in [7, 11) is 0. The minimum atomic E-state index is 0.335. The Bertz CT molecular complexity index is 151. The van der Waals surface area contributed by atoms with E-state index in [1.54, 1.807) is 0 Å². The topological polar surface area (TPSA) is 35.5 Å². The number of piperidine rings is 1. The number of rotatable bonds is 3. The van der Waals surface area contributed by atoms with E-state index in [4.69, 9.17) is 5.11 Å². The van der Waals surface area contributed by atoms with Crippen molar-refractivity contribution in [2.24, 2.45) is 0 Å². The smallest absolute Gasteiger partial charge is 0.0443 e. The van der Waals surface area contributed by atoms with Crippen molar-refractivity contribution in [2.45, 2.75) is 31.3 Å². The zero-order valence-corrected chi connectivity index (χ0v) is 7.50. The zero-order valence-electron chi connectivity index (χ0n) is 7.50. The van der Waals surface area contributed by atoms with Gasteiger partial charge in [-0.05, 0) is 25.8 Å². The summed E-state index contributed by atoms with van der Waals surface area (Å²) in [5, 5.41) is 12.2. The van der Waals surface area contributed by atoms with Crippen LogP contribution >= 0.6 is 0 Å². The van der Waals surface area contributed by atoms with Gasteiger partial charge in [-0.15, -0.1) is 0 Å². The van der Waals surface area contributed by atoms with E-state index in [0.29, 0.717) is 6.61 Å². The Hall–Kier alpha value is -0.120. The van der Waals surface area contributed by atoms with Crippen LogP contribution in [-0.2, 0) is 0 Å². The number of hydrogen-bond donors (Lipinski definition) is 2. The predicted octanol–water partition coefficient (Wildman–Crippen LogP) is -0.195. The van der Waals surface area contributed by atoms with Crippen molar-refractivity contribution in [3.63, 3.8) is 0 Å². The van der Waals surface area contributed by atoms with Crippen molar-refractivity contribution >= 4 is 0 Å². The van der Waals surface area contributed by atoms with Crippen molar-refractivity contribution in [2.75, 3.05) is 26.2 Å². The number of hydrogen-bond acceptors (Lipinski definition) is 3. The maximum absolute atomic E-state index is 8.72. The lowest BCUT2D eigenvalue weighted by atomic mass is 10.1. The molecule has 0 radical (unpaired) electrons. The van der Waals surface area contributed by atoms with Crippen LogP contribution in [0.2, 0.25) is 0 Å². The molecule has 2 bridgehead atoms. The zero-order chi connectivity index (χ0) is 8.39. The number of aliphatic hydroxyl groups is 1. The van der Waals surface area contributed by atoms with Crippen LogP contribution in [0, 0.1) is 0 Å². The molecule has 0 aromatic carbocycles. The summed E-state index contributed by atoms with van der Waals surface area (Å²) in [6.07, 6.45) is 3.55. The number of aliphatic hydroxyl groups excluding tert-OH is 1. The Balaban J connectivity index is 1.83. The molecule has 2 heterocycles. The normalized spacial score (nSPS) is 35.8. The lowest BCUT2D eigenvalue weighted by Gasteiger charge is -2.23. The molecule has 2 saturated heterocycles. The van der Waals surface area contributed by atoms with E-state index in [2.05, 4.69) is 10.2 Å². The molecule has 2 fully saturated rings. The second kappa shape index (κ2) is 3.73. The van der Waals surface area contributed by atoms with Crippen molar-refractivity contribution < 1.29 is 5.11 Å². The van der Waals surface area contributed by atoms with E-state index >= 15 is 0 Å². The van der Waals surface area contributed by atoms with Crippen LogP contribution in [0.1, 0.15) is 19.3 Å². The molecule has 2 rings (SSSR count). The molecular formula is C9H18N2O. The molecule has 2 aliphatic rings. The number of nitrogens with one attached hydrogen (secondary N) is 1. The van der Waals surface area contributed by atoms with E-state index in [0.717, 1.165) is 25.0 Å². The molecule has 3 nitrogen and oxygen atoms in total. The molecule has 0 aromatic rings. The van der Waals surface area contributed by atoms with Gasteiger partial charge in [0.1, 0.15) is 0 Å². The van der Waals surface area contributed by atoms with Crippen molar-refractivity contribution in [3.8, 4) is 0 Å². The Kier molecular flexibility index (Phi) is 2.63. The molecule has 0 saturated carbocycles. The molecule has 0 aromatic heterocycles. The molecule has 12 heavy (non-hydrogen) atoms. The fourth-order valence-corrected chi connectivity index (χ4v) is 2.43. The molecule has 0 amide bonds. The summed E-state index contributed by atoms with van der Waals surface area (Å²) in [5.41, 5.74) is 0. The van der Waals surface area contributed by atoms with Gasteiger partial charge in [-0.2, -0.15) is 0 Å². The van der Waals surface area contributed by atoms with E-state index < -0.39 is 0 Å². The van der Waals surface area contributed by atoms with Gasteiger partial charge in [0.2, 0.25) is 0 Å². The molecule has 70 valence electrons. The van der Waals surface area contributed by atoms with Crippen LogP contribution in [-0.4, -0.2) is 48.3 Å². The minimum Gasteiger partial charge on any atom is -0.396 e. The lowest BCUT2D eigenvalue weighted by Crippen LogP contribution is -2.35. The predicted molar refractivity (Wildman–Crippen MR) is 48.1 cm³/mol. The molecule has 2 aliphatic heterocycles. The van der Waals surface area contributed by atoms with Crippen LogP contribution in [0.25, 0.3) is 0 Å². The highest BCUT2D eigenvalue weighted by molar-refractivity contribution is 4.93. The van der Waals surface area contributed by atoms with Gasteiger partial charge in [0, 0.05) is 31.8 Å². The average Bonchev–Trinajstić information content (AvgIpc) is 2.38. The lowest BCUT2D eigenvalue weighted by molar-refractivity contribution is 0.210. The summed E-state index contributed by atoms with van der Waals surface area (Å²) < 4.78 is 0. The van der Waals surface area contributed by atoms with Crippen LogP contribution in [0.3, 0.4) is 0 Å². The fraction of sp³-hybridized carbons (Fsp3) is 1.00. The molecule has 2 atom stereocenters. The first-order valence-corrected chi connectivity index (χ1v) is 4.98. The van der Waals surface area contributed by atoms with E-state index in [1.165, 1.54) is 25.9 Å². The minimum absolute atomic E-state index is 0.335. The summed E-state index contributed by atoms with van der Waals surface area (Å²) in [6, 6.07) is 1.55. The third kappa shape index (κ3) is 1.63. The van der Waals surface area contributed by atoms with Crippen molar-refractivity contribution in [1.82, 2.24) is 10.2 Å². The first-order valence-electron chi connectivity index (χ1n) is 4.98. The number of likely N-dealkylation sites (tertiary alicyclic amines) is 1. The first-order chi connectivity index (χ1) is 5.90. The van der Waals surface area contributed by atoms with Gasteiger partial charge in [0.05, 0.1) is 0 Å². The molecule has 2 unspecified atom stereocenters. The standard InChI is InChI=1S/C9H18N2O/c12-5-1-4-11-7-8-6-9(11)2-3-10-8/h8-10,12H,1-7H2.